The normalized spacial score (nSPS) is 11.6. The first-order chi connectivity index (χ1) is 14.3. The summed E-state index contributed by atoms with van der Waals surface area (Å²) in [6, 6.07) is 14.4. The SMILES string of the molecule is CC(=O)Nc1ccc(C)cc1-c1nnc(SC(C)C(=O)Nc2ccccc2)[nH]c1=O. The van der Waals surface area contributed by atoms with Gasteiger partial charge in [-0.2, -0.15) is 0 Å². The van der Waals surface area contributed by atoms with Gasteiger partial charge in [-0.1, -0.05) is 41.6 Å². The third-order valence-electron chi connectivity index (χ3n) is 4.12. The van der Waals surface area contributed by atoms with Crippen LogP contribution in [0.4, 0.5) is 11.4 Å². The van der Waals surface area contributed by atoms with Crippen molar-refractivity contribution < 1.29 is 9.59 Å². The molecule has 0 aliphatic carbocycles. The van der Waals surface area contributed by atoms with Gasteiger partial charge in [-0.25, -0.2) is 0 Å². The molecule has 0 radical (unpaired) electrons. The Hall–Kier alpha value is -3.46. The number of carbonyl (C=O) groups excluding carboxylic acids is 2. The molecule has 9 heteroatoms. The van der Waals surface area contributed by atoms with Crippen LogP contribution < -0.4 is 16.2 Å². The zero-order valence-electron chi connectivity index (χ0n) is 16.7. The third kappa shape index (κ3) is 5.32. The molecular weight excluding hydrogens is 402 g/mol. The van der Waals surface area contributed by atoms with Crippen molar-refractivity contribution >= 4 is 35.0 Å². The van der Waals surface area contributed by atoms with Crippen molar-refractivity contribution in [3.05, 3.63) is 64.4 Å². The van der Waals surface area contributed by atoms with E-state index in [0.717, 1.165) is 17.3 Å². The smallest absolute Gasteiger partial charge is 0.278 e. The fraction of sp³-hybridized carbons (Fsp3) is 0.190. The monoisotopic (exact) mass is 423 g/mol. The zero-order valence-corrected chi connectivity index (χ0v) is 17.5. The number of amides is 2. The molecule has 1 aromatic heterocycles. The molecule has 0 saturated heterocycles. The number of aromatic nitrogens is 3. The summed E-state index contributed by atoms with van der Waals surface area (Å²) >= 11 is 1.10. The lowest BCUT2D eigenvalue weighted by Crippen LogP contribution is -2.23. The van der Waals surface area contributed by atoms with Crippen molar-refractivity contribution in [1.29, 1.82) is 0 Å². The molecule has 0 fully saturated rings. The summed E-state index contributed by atoms with van der Waals surface area (Å²) in [5.74, 6) is -0.473. The molecule has 1 heterocycles. The maximum absolute atomic E-state index is 12.6. The summed E-state index contributed by atoms with van der Waals surface area (Å²) in [6.07, 6.45) is 0. The molecule has 2 amide bonds. The number of hydrogen-bond donors (Lipinski definition) is 3. The van der Waals surface area contributed by atoms with Gasteiger partial charge in [0, 0.05) is 18.2 Å². The van der Waals surface area contributed by atoms with Crippen LogP contribution in [0.2, 0.25) is 0 Å². The molecule has 30 heavy (non-hydrogen) atoms. The van der Waals surface area contributed by atoms with Gasteiger partial charge < -0.3 is 10.6 Å². The van der Waals surface area contributed by atoms with Crippen LogP contribution in [-0.2, 0) is 9.59 Å². The average Bonchev–Trinajstić information content (AvgIpc) is 2.70. The highest BCUT2D eigenvalue weighted by Crippen LogP contribution is 2.26. The molecule has 154 valence electrons. The fourth-order valence-corrected chi connectivity index (χ4v) is 3.43. The second-order valence-corrected chi connectivity index (χ2v) is 7.98. The lowest BCUT2D eigenvalue weighted by molar-refractivity contribution is -0.115. The number of hydrogen-bond acceptors (Lipinski definition) is 6. The van der Waals surface area contributed by atoms with Gasteiger partial charge in [0.15, 0.2) is 10.9 Å². The number of anilines is 2. The largest absolute Gasteiger partial charge is 0.326 e. The van der Waals surface area contributed by atoms with Crippen molar-refractivity contribution in [2.45, 2.75) is 31.2 Å². The number of para-hydroxylation sites is 1. The van der Waals surface area contributed by atoms with Crippen LogP contribution in [-0.4, -0.2) is 32.2 Å². The minimum Gasteiger partial charge on any atom is -0.326 e. The Kier molecular flexibility index (Phi) is 6.63. The van der Waals surface area contributed by atoms with E-state index in [0.29, 0.717) is 16.9 Å². The molecule has 2 aromatic carbocycles. The van der Waals surface area contributed by atoms with Crippen LogP contribution in [0.15, 0.2) is 58.5 Å². The number of rotatable bonds is 6. The molecule has 0 saturated carbocycles. The Morgan fingerprint density at radius 1 is 1.07 bits per heavy atom. The molecule has 0 bridgehead atoms. The molecule has 8 nitrogen and oxygen atoms in total. The van der Waals surface area contributed by atoms with Gasteiger partial charge in [-0.3, -0.25) is 19.4 Å². The highest BCUT2D eigenvalue weighted by atomic mass is 32.2. The molecule has 1 atom stereocenters. The zero-order chi connectivity index (χ0) is 21.7. The first-order valence-electron chi connectivity index (χ1n) is 9.21. The van der Waals surface area contributed by atoms with E-state index < -0.39 is 10.8 Å². The van der Waals surface area contributed by atoms with Crippen LogP contribution in [0.1, 0.15) is 19.4 Å². The average molecular weight is 423 g/mol. The second-order valence-electron chi connectivity index (χ2n) is 6.65. The van der Waals surface area contributed by atoms with E-state index in [4.69, 9.17) is 0 Å². The molecule has 0 aliphatic rings. The number of benzene rings is 2. The highest BCUT2D eigenvalue weighted by molar-refractivity contribution is 8.00. The van der Waals surface area contributed by atoms with Gasteiger partial charge in [0.25, 0.3) is 5.56 Å². The van der Waals surface area contributed by atoms with Crippen molar-refractivity contribution in [2.24, 2.45) is 0 Å². The number of aryl methyl sites for hydroxylation is 1. The van der Waals surface area contributed by atoms with Gasteiger partial charge in [0.05, 0.1) is 10.9 Å². The van der Waals surface area contributed by atoms with Crippen LogP contribution in [0, 0.1) is 6.92 Å². The number of carbonyl (C=O) groups is 2. The molecule has 0 aliphatic heterocycles. The molecule has 0 spiro atoms. The summed E-state index contributed by atoms with van der Waals surface area (Å²) < 4.78 is 0. The van der Waals surface area contributed by atoms with Crippen LogP contribution >= 0.6 is 11.8 Å². The lowest BCUT2D eigenvalue weighted by Gasteiger charge is -2.12. The Morgan fingerprint density at radius 2 is 1.80 bits per heavy atom. The standard InChI is InChI=1S/C21H21N5O3S/c1-12-9-10-17(22-14(3)27)16(11-12)18-20(29)24-21(26-25-18)30-13(2)19(28)23-15-7-5-4-6-8-15/h4-11,13H,1-3H3,(H,22,27)(H,23,28)(H,24,26,29). The molecule has 3 aromatic rings. The topological polar surface area (TPSA) is 117 Å². The van der Waals surface area contributed by atoms with Crippen LogP contribution in [0.5, 0.6) is 0 Å². The van der Waals surface area contributed by atoms with Crippen molar-refractivity contribution in [3.63, 3.8) is 0 Å². The summed E-state index contributed by atoms with van der Waals surface area (Å²) in [4.78, 5) is 39.1. The van der Waals surface area contributed by atoms with E-state index in [9.17, 15) is 14.4 Å². The minimum atomic E-state index is -0.505. The lowest BCUT2D eigenvalue weighted by atomic mass is 10.1. The van der Waals surface area contributed by atoms with Gasteiger partial charge in [0.1, 0.15) is 0 Å². The first-order valence-corrected chi connectivity index (χ1v) is 10.1. The van der Waals surface area contributed by atoms with E-state index in [1.165, 1.54) is 6.92 Å². The fourth-order valence-electron chi connectivity index (χ4n) is 2.69. The minimum absolute atomic E-state index is 0.0909. The maximum Gasteiger partial charge on any atom is 0.278 e. The van der Waals surface area contributed by atoms with E-state index >= 15 is 0 Å². The highest BCUT2D eigenvalue weighted by Gasteiger charge is 2.18. The number of nitrogens with zero attached hydrogens (tertiary/aromatic N) is 2. The number of thioether (sulfide) groups is 1. The maximum atomic E-state index is 12.6. The van der Waals surface area contributed by atoms with Crippen LogP contribution in [0.25, 0.3) is 11.3 Å². The molecule has 1 unspecified atom stereocenters. The van der Waals surface area contributed by atoms with Gasteiger partial charge in [-0.15, -0.1) is 10.2 Å². The van der Waals surface area contributed by atoms with Gasteiger partial charge >= 0.3 is 0 Å². The Morgan fingerprint density at radius 3 is 2.47 bits per heavy atom. The molecule has 3 rings (SSSR count). The van der Waals surface area contributed by atoms with E-state index in [1.807, 2.05) is 31.2 Å². The summed E-state index contributed by atoms with van der Waals surface area (Å²) in [6.45, 7) is 4.98. The Bertz CT molecular complexity index is 1130. The first kappa shape index (κ1) is 21.3. The van der Waals surface area contributed by atoms with Crippen LogP contribution in [0.3, 0.4) is 0 Å². The predicted octanol–water partition coefficient (Wildman–Crippen LogP) is 3.22. The Labute approximate surface area is 177 Å². The molecule has 3 N–H and O–H groups in total. The number of nitrogens with one attached hydrogen (secondary N) is 3. The van der Waals surface area contributed by atoms with Crippen molar-refractivity contribution in [2.75, 3.05) is 10.6 Å². The van der Waals surface area contributed by atoms with Crippen molar-refractivity contribution in [1.82, 2.24) is 15.2 Å². The third-order valence-corrected chi connectivity index (χ3v) is 5.09. The number of aromatic amines is 1. The number of H-pyrrole nitrogens is 1. The molecular formula is C21H21N5O3S. The van der Waals surface area contributed by atoms with E-state index in [-0.39, 0.29) is 22.7 Å². The van der Waals surface area contributed by atoms with Crippen molar-refractivity contribution in [3.8, 4) is 11.3 Å². The van der Waals surface area contributed by atoms with E-state index in [2.05, 4.69) is 25.8 Å². The van der Waals surface area contributed by atoms with E-state index in [1.54, 1.807) is 31.2 Å². The quantitative estimate of drug-likeness (QED) is 0.524. The van der Waals surface area contributed by atoms with Gasteiger partial charge in [-0.05, 0) is 38.1 Å². The summed E-state index contributed by atoms with van der Waals surface area (Å²) in [5, 5.41) is 13.3. The summed E-state index contributed by atoms with van der Waals surface area (Å²) in [7, 11) is 0. The van der Waals surface area contributed by atoms with Gasteiger partial charge in [0.2, 0.25) is 11.8 Å². The summed E-state index contributed by atoms with van der Waals surface area (Å²) in [5.41, 5.74) is 2.18. The second kappa shape index (κ2) is 9.36. The predicted molar refractivity (Wildman–Crippen MR) is 118 cm³/mol. The Balaban J connectivity index is 1.79.